The summed E-state index contributed by atoms with van der Waals surface area (Å²) in [5.74, 6) is -0.447. The molecular weight excluding hydrogens is 254 g/mol. The van der Waals surface area contributed by atoms with E-state index in [0.717, 1.165) is 6.42 Å². The molecular formula is C16H21NO3. The normalized spacial score (nSPS) is 22.1. The fourth-order valence-corrected chi connectivity index (χ4v) is 2.80. The molecule has 1 aliphatic rings. The van der Waals surface area contributed by atoms with Gasteiger partial charge in [0.15, 0.2) is 0 Å². The van der Waals surface area contributed by atoms with E-state index in [1.54, 1.807) is 11.8 Å². The van der Waals surface area contributed by atoms with Crippen molar-refractivity contribution in [2.24, 2.45) is 5.92 Å². The van der Waals surface area contributed by atoms with Crippen molar-refractivity contribution < 1.29 is 14.7 Å². The Balaban J connectivity index is 1.99. The van der Waals surface area contributed by atoms with Crippen LogP contribution in [0.1, 0.15) is 38.2 Å². The first-order valence-electron chi connectivity index (χ1n) is 7.11. The zero-order valence-corrected chi connectivity index (χ0v) is 12.0. The van der Waals surface area contributed by atoms with E-state index in [-0.39, 0.29) is 24.3 Å². The molecule has 4 nitrogen and oxygen atoms in total. The summed E-state index contributed by atoms with van der Waals surface area (Å²) in [6.07, 6.45) is 0.876. The molecule has 4 heteroatoms. The quantitative estimate of drug-likeness (QED) is 0.867. The molecule has 108 valence electrons. The largest absolute Gasteiger partial charge is 0.481 e. The number of nitrogens with zero attached hydrogens (tertiary/aromatic N) is 1. The van der Waals surface area contributed by atoms with Crippen LogP contribution in [-0.2, 0) is 9.59 Å². The Morgan fingerprint density at radius 2 is 2.00 bits per heavy atom. The van der Waals surface area contributed by atoms with E-state index in [1.807, 2.05) is 25.1 Å². The summed E-state index contributed by atoms with van der Waals surface area (Å²) < 4.78 is 0. The Labute approximate surface area is 119 Å². The molecule has 0 heterocycles. The van der Waals surface area contributed by atoms with Crippen molar-refractivity contribution in [2.45, 2.75) is 38.6 Å². The molecule has 1 saturated carbocycles. The standard InChI is InChI=1S/C16H21NO3/c1-3-17(11(2)9-15(18)19)16(20)14-10-13(14)12-7-5-4-6-8-12/h4-8,11,13-14H,3,9-10H2,1-2H3,(H,18,19). The molecule has 0 radical (unpaired) electrons. The van der Waals surface area contributed by atoms with E-state index in [1.165, 1.54) is 5.56 Å². The SMILES string of the molecule is CCN(C(=O)C1CC1c1ccccc1)C(C)CC(=O)O. The molecule has 20 heavy (non-hydrogen) atoms. The van der Waals surface area contributed by atoms with Gasteiger partial charge in [0.25, 0.3) is 0 Å². The van der Waals surface area contributed by atoms with Gasteiger partial charge in [-0.3, -0.25) is 9.59 Å². The highest BCUT2D eigenvalue weighted by Gasteiger charge is 2.46. The van der Waals surface area contributed by atoms with E-state index in [9.17, 15) is 9.59 Å². The molecule has 1 N–H and O–H groups in total. The van der Waals surface area contributed by atoms with Gasteiger partial charge in [0, 0.05) is 18.5 Å². The minimum Gasteiger partial charge on any atom is -0.481 e. The second-order valence-electron chi connectivity index (χ2n) is 5.43. The van der Waals surface area contributed by atoms with Crippen LogP contribution in [0.4, 0.5) is 0 Å². The molecule has 3 unspecified atom stereocenters. The van der Waals surface area contributed by atoms with Gasteiger partial charge in [0.05, 0.1) is 6.42 Å². The fraction of sp³-hybridized carbons (Fsp3) is 0.500. The van der Waals surface area contributed by atoms with Gasteiger partial charge in [-0.2, -0.15) is 0 Å². The van der Waals surface area contributed by atoms with Gasteiger partial charge >= 0.3 is 5.97 Å². The summed E-state index contributed by atoms with van der Waals surface area (Å²) in [4.78, 5) is 25.0. The summed E-state index contributed by atoms with van der Waals surface area (Å²) in [7, 11) is 0. The zero-order chi connectivity index (χ0) is 14.7. The minimum atomic E-state index is -0.862. The third-order valence-electron chi connectivity index (χ3n) is 3.96. The first-order valence-corrected chi connectivity index (χ1v) is 7.11. The van der Waals surface area contributed by atoms with Crippen molar-refractivity contribution in [2.75, 3.05) is 6.54 Å². The molecule has 1 aromatic rings. The lowest BCUT2D eigenvalue weighted by atomic mass is 10.1. The maximum atomic E-state index is 12.5. The van der Waals surface area contributed by atoms with Crippen molar-refractivity contribution in [3.05, 3.63) is 35.9 Å². The smallest absolute Gasteiger partial charge is 0.305 e. The number of amides is 1. The second kappa shape index (κ2) is 6.07. The van der Waals surface area contributed by atoms with Crippen molar-refractivity contribution in [3.8, 4) is 0 Å². The maximum absolute atomic E-state index is 12.5. The molecule has 1 fully saturated rings. The van der Waals surface area contributed by atoms with Crippen LogP contribution in [0, 0.1) is 5.92 Å². The number of aliphatic carboxylic acids is 1. The van der Waals surface area contributed by atoms with Crippen LogP contribution in [0.3, 0.4) is 0 Å². The molecule has 0 aliphatic heterocycles. The molecule has 1 aliphatic carbocycles. The molecule has 1 amide bonds. The predicted molar refractivity (Wildman–Crippen MR) is 76.4 cm³/mol. The van der Waals surface area contributed by atoms with Crippen molar-refractivity contribution in [3.63, 3.8) is 0 Å². The van der Waals surface area contributed by atoms with Crippen molar-refractivity contribution in [1.82, 2.24) is 4.90 Å². The number of benzene rings is 1. The van der Waals surface area contributed by atoms with Gasteiger partial charge in [0.2, 0.25) is 5.91 Å². The van der Waals surface area contributed by atoms with E-state index < -0.39 is 5.97 Å². The number of carbonyl (C=O) groups is 2. The van der Waals surface area contributed by atoms with Crippen LogP contribution < -0.4 is 0 Å². The molecule has 0 bridgehead atoms. The van der Waals surface area contributed by atoms with Crippen LogP contribution in [0.5, 0.6) is 0 Å². The average Bonchev–Trinajstić information content (AvgIpc) is 3.19. The second-order valence-corrected chi connectivity index (χ2v) is 5.43. The predicted octanol–water partition coefficient (Wildman–Crippen LogP) is 2.50. The summed E-state index contributed by atoms with van der Waals surface area (Å²) in [6, 6.07) is 9.79. The summed E-state index contributed by atoms with van der Waals surface area (Å²) >= 11 is 0. The van der Waals surface area contributed by atoms with Gasteiger partial charge in [0.1, 0.15) is 0 Å². The van der Waals surface area contributed by atoms with Crippen molar-refractivity contribution in [1.29, 1.82) is 0 Å². The van der Waals surface area contributed by atoms with E-state index in [0.29, 0.717) is 12.5 Å². The lowest BCUT2D eigenvalue weighted by Gasteiger charge is -2.27. The van der Waals surface area contributed by atoms with Crippen LogP contribution >= 0.6 is 0 Å². The Kier molecular flexibility index (Phi) is 4.42. The van der Waals surface area contributed by atoms with E-state index >= 15 is 0 Å². The number of carboxylic acids is 1. The van der Waals surface area contributed by atoms with Crippen LogP contribution in [-0.4, -0.2) is 34.5 Å². The molecule has 3 atom stereocenters. The topological polar surface area (TPSA) is 57.6 Å². The highest BCUT2D eigenvalue weighted by atomic mass is 16.4. The lowest BCUT2D eigenvalue weighted by Crippen LogP contribution is -2.40. The van der Waals surface area contributed by atoms with E-state index in [2.05, 4.69) is 12.1 Å². The average molecular weight is 275 g/mol. The Hall–Kier alpha value is -1.84. The number of carbonyl (C=O) groups excluding carboxylic acids is 1. The van der Waals surface area contributed by atoms with Gasteiger partial charge in [-0.15, -0.1) is 0 Å². The first kappa shape index (κ1) is 14.6. The summed E-state index contributed by atoms with van der Waals surface area (Å²) in [6.45, 7) is 4.26. The van der Waals surface area contributed by atoms with Crippen molar-refractivity contribution >= 4 is 11.9 Å². The lowest BCUT2D eigenvalue weighted by molar-refractivity contribution is -0.140. The molecule has 2 rings (SSSR count). The number of carboxylic acid groups (broad SMARTS) is 1. The third-order valence-corrected chi connectivity index (χ3v) is 3.96. The first-order chi connectivity index (χ1) is 9.54. The van der Waals surface area contributed by atoms with Gasteiger partial charge in [-0.1, -0.05) is 30.3 Å². The molecule has 0 saturated heterocycles. The molecule has 1 aromatic carbocycles. The zero-order valence-electron chi connectivity index (χ0n) is 12.0. The fourth-order valence-electron chi connectivity index (χ4n) is 2.80. The van der Waals surface area contributed by atoms with Gasteiger partial charge in [-0.25, -0.2) is 0 Å². The molecule has 0 spiro atoms. The van der Waals surface area contributed by atoms with Crippen LogP contribution in [0.2, 0.25) is 0 Å². The maximum Gasteiger partial charge on any atom is 0.305 e. The monoisotopic (exact) mass is 275 g/mol. The Morgan fingerprint density at radius 1 is 1.35 bits per heavy atom. The van der Waals surface area contributed by atoms with E-state index in [4.69, 9.17) is 5.11 Å². The summed E-state index contributed by atoms with van der Waals surface area (Å²) in [5.41, 5.74) is 1.20. The summed E-state index contributed by atoms with van der Waals surface area (Å²) in [5, 5.41) is 8.86. The minimum absolute atomic E-state index is 0.00229. The van der Waals surface area contributed by atoms with Gasteiger partial charge in [-0.05, 0) is 31.7 Å². The van der Waals surface area contributed by atoms with Crippen LogP contribution in [0.15, 0.2) is 30.3 Å². The number of hydrogen-bond donors (Lipinski definition) is 1. The number of hydrogen-bond acceptors (Lipinski definition) is 2. The molecule has 0 aromatic heterocycles. The Bertz CT molecular complexity index is 486. The third kappa shape index (κ3) is 3.18. The highest BCUT2D eigenvalue weighted by molar-refractivity contribution is 5.83. The van der Waals surface area contributed by atoms with Gasteiger partial charge < -0.3 is 10.0 Å². The highest BCUT2D eigenvalue weighted by Crippen LogP contribution is 2.48. The van der Waals surface area contributed by atoms with Crippen LogP contribution in [0.25, 0.3) is 0 Å². The Morgan fingerprint density at radius 3 is 2.55 bits per heavy atom. The number of rotatable bonds is 6.